The first-order chi connectivity index (χ1) is 8.35. The monoisotopic (exact) mass is 353 g/mol. The van der Waals surface area contributed by atoms with Crippen molar-refractivity contribution in [3.63, 3.8) is 0 Å². The Balaban J connectivity index is 2.46. The lowest BCUT2D eigenvalue weighted by atomic mass is 10.2. The third-order valence-corrected chi connectivity index (χ3v) is 7.65. The Morgan fingerprint density at radius 1 is 1.56 bits per heavy atom. The van der Waals surface area contributed by atoms with Gasteiger partial charge in [0.25, 0.3) is 10.0 Å². The van der Waals surface area contributed by atoms with Gasteiger partial charge in [-0.25, -0.2) is 8.42 Å². The first kappa shape index (κ1) is 14.0. The number of rotatable bonds is 3. The van der Waals surface area contributed by atoms with Crippen LogP contribution in [0.2, 0.25) is 0 Å². The van der Waals surface area contributed by atoms with E-state index in [0.29, 0.717) is 17.3 Å². The van der Waals surface area contributed by atoms with Crippen molar-refractivity contribution in [1.29, 1.82) is 0 Å². The fourth-order valence-corrected chi connectivity index (χ4v) is 6.39. The van der Waals surface area contributed by atoms with E-state index in [0.717, 1.165) is 15.6 Å². The molecule has 0 spiro atoms. The lowest BCUT2D eigenvalue weighted by Crippen LogP contribution is -2.43. The summed E-state index contributed by atoms with van der Waals surface area (Å²) in [4.78, 5) is 11.1. The van der Waals surface area contributed by atoms with Gasteiger partial charge in [-0.05, 0) is 47.1 Å². The van der Waals surface area contributed by atoms with Crippen LogP contribution in [0, 0.1) is 0 Å². The molecule has 0 bridgehead atoms. The van der Waals surface area contributed by atoms with Crippen LogP contribution in [0.15, 0.2) is 20.1 Å². The molecular weight excluding hydrogens is 342 g/mol. The van der Waals surface area contributed by atoms with Crippen LogP contribution in [0.25, 0.3) is 0 Å². The summed E-state index contributed by atoms with van der Waals surface area (Å²) in [7, 11) is -3.75. The SMILES string of the molecule is C[C@@H]1CC[C@H](C(=O)O)N1S(=O)(=O)c1sccc1Br. The van der Waals surface area contributed by atoms with Crippen LogP contribution < -0.4 is 0 Å². The Bertz CT molecular complexity index is 568. The molecule has 0 saturated carbocycles. The molecule has 1 fully saturated rings. The standard InChI is InChI=1S/C10H12BrNO4S2/c1-6-2-3-8(9(13)14)12(6)18(15,16)10-7(11)4-5-17-10/h4-6,8H,2-3H2,1H3,(H,13,14)/t6-,8-/m1/s1. The molecule has 0 aromatic carbocycles. The number of hydrogen-bond donors (Lipinski definition) is 1. The van der Waals surface area contributed by atoms with E-state index in [9.17, 15) is 13.2 Å². The maximum atomic E-state index is 12.5. The molecular formula is C10H12BrNO4S2. The molecule has 2 heterocycles. The van der Waals surface area contributed by atoms with Gasteiger partial charge < -0.3 is 5.11 Å². The largest absolute Gasteiger partial charge is 0.480 e. The third kappa shape index (κ3) is 2.22. The molecule has 0 amide bonds. The molecule has 1 aliphatic heterocycles. The molecule has 8 heteroatoms. The Hall–Kier alpha value is -0.440. The zero-order valence-corrected chi connectivity index (χ0v) is 12.8. The molecule has 1 N–H and O–H groups in total. The minimum absolute atomic E-state index is 0.169. The fraction of sp³-hybridized carbons (Fsp3) is 0.500. The van der Waals surface area contributed by atoms with Crippen molar-refractivity contribution in [2.75, 3.05) is 0 Å². The molecule has 1 aliphatic rings. The van der Waals surface area contributed by atoms with Crippen LogP contribution in [0.1, 0.15) is 19.8 Å². The van der Waals surface area contributed by atoms with Gasteiger partial charge in [-0.2, -0.15) is 4.31 Å². The summed E-state index contributed by atoms with van der Waals surface area (Å²) in [5.41, 5.74) is 0. The number of sulfonamides is 1. The van der Waals surface area contributed by atoms with Crippen LogP contribution in [0.5, 0.6) is 0 Å². The average Bonchev–Trinajstić information content (AvgIpc) is 2.84. The van der Waals surface area contributed by atoms with Crippen molar-refractivity contribution in [3.8, 4) is 0 Å². The first-order valence-corrected chi connectivity index (χ1v) is 8.46. The summed E-state index contributed by atoms with van der Waals surface area (Å²) < 4.78 is 26.7. The van der Waals surface area contributed by atoms with Gasteiger partial charge in [-0.15, -0.1) is 11.3 Å². The van der Waals surface area contributed by atoms with Crippen LogP contribution in [0.3, 0.4) is 0 Å². The van der Waals surface area contributed by atoms with Crippen LogP contribution >= 0.6 is 27.3 Å². The second-order valence-electron chi connectivity index (χ2n) is 4.17. The molecule has 5 nitrogen and oxygen atoms in total. The maximum absolute atomic E-state index is 12.5. The highest BCUT2D eigenvalue weighted by molar-refractivity contribution is 9.10. The van der Waals surface area contributed by atoms with E-state index in [2.05, 4.69) is 15.9 Å². The Morgan fingerprint density at radius 2 is 2.22 bits per heavy atom. The zero-order valence-electron chi connectivity index (χ0n) is 9.54. The van der Waals surface area contributed by atoms with E-state index < -0.39 is 22.0 Å². The summed E-state index contributed by atoms with van der Waals surface area (Å²) in [5, 5.41) is 10.8. The second-order valence-corrected chi connectivity index (χ2v) is 7.98. The number of carbonyl (C=O) groups is 1. The minimum atomic E-state index is -3.75. The summed E-state index contributed by atoms with van der Waals surface area (Å²) in [6, 6.07) is 0.401. The van der Waals surface area contributed by atoms with Gasteiger partial charge in [0.15, 0.2) is 0 Å². The lowest BCUT2D eigenvalue weighted by Gasteiger charge is -2.24. The van der Waals surface area contributed by atoms with Gasteiger partial charge in [0.2, 0.25) is 0 Å². The Morgan fingerprint density at radius 3 is 2.72 bits per heavy atom. The minimum Gasteiger partial charge on any atom is -0.480 e. The summed E-state index contributed by atoms with van der Waals surface area (Å²) in [6.45, 7) is 1.74. The molecule has 1 saturated heterocycles. The van der Waals surface area contributed by atoms with Gasteiger partial charge in [-0.3, -0.25) is 4.79 Å². The van der Waals surface area contributed by atoms with Gasteiger partial charge in [0.1, 0.15) is 10.3 Å². The van der Waals surface area contributed by atoms with Crippen molar-refractivity contribution < 1.29 is 18.3 Å². The van der Waals surface area contributed by atoms with Gasteiger partial charge in [-0.1, -0.05) is 0 Å². The Kier molecular flexibility index (Phi) is 3.82. The third-order valence-electron chi connectivity index (χ3n) is 2.98. The molecule has 2 rings (SSSR count). The van der Waals surface area contributed by atoms with Crippen LogP contribution in [-0.4, -0.2) is 35.9 Å². The smallest absolute Gasteiger partial charge is 0.322 e. The van der Waals surface area contributed by atoms with E-state index in [1.165, 1.54) is 0 Å². The normalized spacial score (nSPS) is 25.4. The molecule has 0 radical (unpaired) electrons. The van der Waals surface area contributed by atoms with E-state index in [1.807, 2.05) is 0 Å². The highest BCUT2D eigenvalue weighted by Crippen LogP contribution is 2.36. The molecule has 100 valence electrons. The van der Waals surface area contributed by atoms with Crippen molar-refractivity contribution >= 4 is 43.3 Å². The van der Waals surface area contributed by atoms with Crippen molar-refractivity contribution in [2.24, 2.45) is 0 Å². The first-order valence-electron chi connectivity index (χ1n) is 5.35. The second kappa shape index (κ2) is 4.92. The number of hydrogen-bond acceptors (Lipinski definition) is 4. The van der Waals surface area contributed by atoms with Crippen molar-refractivity contribution in [1.82, 2.24) is 4.31 Å². The number of carboxylic acid groups (broad SMARTS) is 1. The molecule has 2 atom stereocenters. The number of carboxylic acids is 1. The topological polar surface area (TPSA) is 74.7 Å². The molecule has 18 heavy (non-hydrogen) atoms. The van der Waals surface area contributed by atoms with Crippen LogP contribution in [-0.2, 0) is 14.8 Å². The number of aliphatic carboxylic acids is 1. The summed E-state index contributed by atoms with van der Waals surface area (Å²) in [6.07, 6.45) is 0.928. The molecule has 0 unspecified atom stereocenters. The zero-order chi connectivity index (χ0) is 13.5. The van der Waals surface area contributed by atoms with Crippen LogP contribution in [0.4, 0.5) is 0 Å². The summed E-state index contributed by atoms with van der Waals surface area (Å²) >= 11 is 4.27. The van der Waals surface area contributed by atoms with Crippen molar-refractivity contribution in [3.05, 3.63) is 15.9 Å². The predicted molar refractivity (Wildman–Crippen MR) is 71.2 cm³/mol. The number of thiophene rings is 1. The number of halogens is 1. The molecule has 1 aromatic heterocycles. The number of nitrogens with zero attached hydrogens (tertiary/aromatic N) is 1. The van der Waals surface area contributed by atoms with Gasteiger partial charge in [0.05, 0.1) is 0 Å². The quantitative estimate of drug-likeness (QED) is 0.903. The molecule has 1 aromatic rings. The average molecular weight is 354 g/mol. The van der Waals surface area contributed by atoms with E-state index >= 15 is 0 Å². The van der Waals surface area contributed by atoms with Gasteiger partial charge >= 0.3 is 5.97 Å². The fourth-order valence-electron chi connectivity index (χ4n) is 2.16. The molecule has 0 aliphatic carbocycles. The lowest BCUT2D eigenvalue weighted by molar-refractivity contribution is -0.140. The van der Waals surface area contributed by atoms with E-state index in [1.54, 1.807) is 18.4 Å². The maximum Gasteiger partial charge on any atom is 0.322 e. The Labute approximate surface area is 118 Å². The van der Waals surface area contributed by atoms with Crippen molar-refractivity contribution in [2.45, 2.75) is 36.1 Å². The summed E-state index contributed by atoms with van der Waals surface area (Å²) in [5.74, 6) is -1.09. The highest BCUT2D eigenvalue weighted by atomic mass is 79.9. The highest BCUT2D eigenvalue weighted by Gasteiger charge is 2.44. The predicted octanol–water partition coefficient (Wildman–Crippen LogP) is 2.14. The van der Waals surface area contributed by atoms with E-state index in [-0.39, 0.29) is 10.3 Å². The van der Waals surface area contributed by atoms with Gasteiger partial charge in [0, 0.05) is 10.5 Å². The van der Waals surface area contributed by atoms with E-state index in [4.69, 9.17) is 5.11 Å².